The molecule has 1 unspecified atom stereocenters. The highest BCUT2D eigenvalue weighted by atomic mass is 79.9. The number of pyridine rings is 1. The van der Waals surface area contributed by atoms with E-state index in [9.17, 15) is 21.6 Å². The Labute approximate surface area is 153 Å². The Balaban J connectivity index is 1.77. The molecule has 1 aromatic heterocycles. The van der Waals surface area contributed by atoms with Crippen molar-refractivity contribution in [2.45, 2.75) is 43.2 Å². The molecular weight excluding hydrogens is 423 g/mol. The van der Waals surface area contributed by atoms with Crippen molar-refractivity contribution < 1.29 is 21.6 Å². The fraction of sp³-hybridized carbons (Fsp3) is 0.667. The van der Waals surface area contributed by atoms with Gasteiger partial charge in [-0.1, -0.05) is 0 Å². The molecule has 0 spiro atoms. The van der Waals surface area contributed by atoms with Crippen LogP contribution >= 0.6 is 15.9 Å². The highest BCUT2D eigenvalue weighted by molar-refractivity contribution is 9.10. The van der Waals surface area contributed by atoms with Crippen molar-refractivity contribution in [3.63, 3.8) is 0 Å². The second-order valence-electron chi connectivity index (χ2n) is 6.53. The molecule has 10 heteroatoms. The smallest absolute Gasteiger partial charge is 0.354 e. The fourth-order valence-electron chi connectivity index (χ4n) is 3.07. The molecule has 1 aliphatic heterocycles. The van der Waals surface area contributed by atoms with Crippen LogP contribution < -0.4 is 4.90 Å². The molecular formula is C15H19BrF3N3O2S. The lowest BCUT2D eigenvalue weighted by Crippen LogP contribution is -2.49. The van der Waals surface area contributed by atoms with Gasteiger partial charge in [0.15, 0.2) is 0 Å². The fourth-order valence-corrected chi connectivity index (χ4v) is 5.46. The van der Waals surface area contributed by atoms with Gasteiger partial charge in [0, 0.05) is 32.4 Å². The van der Waals surface area contributed by atoms with Gasteiger partial charge in [-0.25, -0.2) is 13.4 Å². The average molecular weight is 442 g/mol. The lowest BCUT2D eigenvalue weighted by Gasteiger charge is -2.38. The zero-order valence-electron chi connectivity index (χ0n) is 13.6. The Morgan fingerprint density at radius 2 is 2.00 bits per heavy atom. The number of nitrogens with zero attached hydrogens (tertiary/aromatic N) is 3. The van der Waals surface area contributed by atoms with Crippen molar-refractivity contribution >= 4 is 31.8 Å². The predicted octanol–water partition coefficient (Wildman–Crippen LogP) is 3.26. The Bertz CT molecular complexity index is 753. The van der Waals surface area contributed by atoms with Gasteiger partial charge >= 0.3 is 6.18 Å². The Hall–Kier alpha value is -0.870. The molecule has 1 atom stereocenters. The van der Waals surface area contributed by atoms with E-state index in [0.29, 0.717) is 31.7 Å². The molecule has 140 valence electrons. The summed E-state index contributed by atoms with van der Waals surface area (Å²) < 4.78 is 64.9. The standard InChI is InChI=1S/C15H19BrF3N3O2S/c1-21(25(23,24)12-4-5-12)11-3-2-6-22(9-11)14-13(16)7-10(8-20-14)15(17,18)19/h7-8,11-12H,2-6,9H2,1H3. The minimum Gasteiger partial charge on any atom is -0.354 e. The van der Waals surface area contributed by atoms with Gasteiger partial charge in [0.1, 0.15) is 5.82 Å². The zero-order valence-corrected chi connectivity index (χ0v) is 16.0. The maximum Gasteiger partial charge on any atom is 0.417 e. The number of likely N-dealkylation sites (N-methyl/N-ethyl adjacent to an activating group) is 1. The molecule has 1 saturated heterocycles. The number of alkyl halides is 3. The number of piperidine rings is 1. The summed E-state index contributed by atoms with van der Waals surface area (Å²) in [6.45, 7) is 1.05. The maximum absolute atomic E-state index is 12.8. The summed E-state index contributed by atoms with van der Waals surface area (Å²) in [5.74, 6) is 0.412. The second-order valence-corrected chi connectivity index (χ2v) is 9.66. The molecule has 0 aromatic carbocycles. The molecule has 2 fully saturated rings. The first kappa shape index (κ1) is 18.9. The molecule has 2 aliphatic rings. The van der Waals surface area contributed by atoms with Gasteiger partial charge in [0.2, 0.25) is 10.0 Å². The van der Waals surface area contributed by atoms with E-state index >= 15 is 0 Å². The Morgan fingerprint density at radius 3 is 2.56 bits per heavy atom. The van der Waals surface area contributed by atoms with E-state index in [1.165, 1.54) is 4.31 Å². The quantitative estimate of drug-likeness (QED) is 0.719. The maximum atomic E-state index is 12.8. The Kier molecular flexibility index (Phi) is 5.06. The van der Waals surface area contributed by atoms with Crippen molar-refractivity contribution in [1.82, 2.24) is 9.29 Å². The predicted molar refractivity (Wildman–Crippen MR) is 91.9 cm³/mol. The molecule has 25 heavy (non-hydrogen) atoms. The highest BCUT2D eigenvalue weighted by Gasteiger charge is 2.42. The lowest BCUT2D eigenvalue weighted by atomic mass is 10.1. The van der Waals surface area contributed by atoms with Gasteiger partial charge in [0.05, 0.1) is 15.3 Å². The number of halogens is 4. The van der Waals surface area contributed by atoms with Crippen LogP contribution in [0.3, 0.4) is 0 Å². The van der Waals surface area contributed by atoms with Crippen LogP contribution in [-0.2, 0) is 16.2 Å². The van der Waals surface area contributed by atoms with Gasteiger partial charge in [-0.2, -0.15) is 17.5 Å². The summed E-state index contributed by atoms with van der Waals surface area (Å²) in [5, 5.41) is -0.274. The van der Waals surface area contributed by atoms with Crippen molar-refractivity contribution in [1.29, 1.82) is 0 Å². The number of rotatable bonds is 4. The second kappa shape index (κ2) is 6.70. The van der Waals surface area contributed by atoms with Crippen LogP contribution in [0, 0.1) is 0 Å². The minimum absolute atomic E-state index is 0.199. The lowest BCUT2D eigenvalue weighted by molar-refractivity contribution is -0.137. The minimum atomic E-state index is -4.45. The first-order valence-corrected chi connectivity index (χ1v) is 10.3. The van der Waals surface area contributed by atoms with Crippen molar-refractivity contribution in [3.05, 3.63) is 22.3 Å². The molecule has 3 rings (SSSR count). The SMILES string of the molecule is CN(C1CCCN(c2ncc(C(F)(F)F)cc2Br)C1)S(=O)(=O)C1CC1. The van der Waals surface area contributed by atoms with E-state index in [-0.39, 0.29) is 15.8 Å². The molecule has 0 amide bonds. The normalized spacial score (nSPS) is 22.5. The van der Waals surface area contributed by atoms with Gasteiger partial charge in [-0.05, 0) is 47.7 Å². The molecule has 1 saturated carbocycles. The van der Waals surface area contributed by atoms with Gasteiger partial charge in [-0.15, -0.1) is 0 Å². The topological polar surface area (TPSA) is 53.5 Å². The molecule has 0 radical (unpaired) electrons. The molecule has 2 heterocycles. The molecule has 0 bridgehead atoms. The van der Waals surface area contributed by atoms with Crippen LogP contribution in [0.5, 0.6) is 0 Å². The molecule has 5 nitrogen and oxygen atoms in total. The van der Waals surface area contributed by atoms with Gasteiger partial charge in [0.25, 0.3) is 0 Å². The van der Waals surface area contributed by atoms with E-state index in [0.717, 1.165) is 25.1 Å². The summed E-state index contributed by atoms with van der Waals surface area (Å²) in [4.78, 5) is 5.81. The van der Waals surface area contributed by atoms with Crippen LogP contribution in [0.4, 0.5) is 19.0 Å². The van der Waals surface area contributed by atoms with E-state index in [1.807, 2.05) is 4.90 Å². The first-order chi connectivity index (χ1) is 11.6. The third-order valence-corrected chi connectivity index (χ3v) is 7.70. The zero-order chi connectivity index (χ0) is 18.4. The van der Waals surface area contributed by atoms with Crippen LogP contribution in [0.2, 0.25) is 0 Å². The third-order valence-electron chi connectivity index (χ3n) is 4.71. The number of sulfonamides is 1. The van der Waals surface area contributed by atoms with Crippen LogP contribution in [0.15, 0.2) is 16.7 Å². The van der Waals surface area contributed by atoms with E-state index < -0.39 is 21.8 Å². The average Bonchev–Trinajstić information content (AvgIpc) is 3.38. The van der Waals surface area contributed by atoms with Crippen LogP contribution in [0.1, 0.15) is 31.2 Å². The van der Waals surface area contributed by atoms with Gasteiger partial charge < -0.3 is 4.90 Å². The van der Waals surface area contributed by atoms with Crippen molar-refractivity contribution in [2.24, 2.45) is 0 Å². The highest BCUT2D eigenvalue weighted by Crippen LogP contribution is 2.36. The Morgan fingerprint density at radius 1 is 1.32 bits per heavy atom. The van der Waals surface area contributed by atoms with Crippen LogP contribution in [-0.4, -0.2) is 49.1 Å². The number of aromatic nitrogens is 1. The van der Waals surface area contributed by atoms with Crippen molar-refractivity contribution in [2.75, 3.05) is 25.0 Å². The summed E-state index contributed by atoms with van der Waals surface area (Å²) in [6.07, 6.45) is -0.739. The largest absolute Gasteiger partial charge is 0.417 e. The summed E-state index contributed by atoms with van der Waals surface area (Å²) in [6, 6.07) is 0.812. The van der Waals surface area contributed by atoms with Crippen molar-refractivity contribution in [3.8, 4) is 0 Å². The van der Waals surface area contributed by atoms with E-state index in [2.05, 4.69) is 20.9 Å². The number of anilines is 1. The van der Waals surface area contributed by atoms with E-state index in [4.69, 9.17) is 0 Å². The molecule has 0 N–H and O–H groups in total. The monoisotopic (exact) mass is 441 g/mol. The van der Waals surface area contributed by atoms with Crippen LogP contribution in [0.25, 0.3) is 0 Å². The van der Waals surface area contributed by atoms with E-state index in [1.54, 1.807) is 7.05 Å². The first-order valence-electron chi connectivity index (χ1n) is 8.05. The summed E-state index contributed by atoms with van der Waals surface area (Å²) in [5.41, 5.74) is -0.815. The molecule has 1 aromatic rings. The molecule has 1 aliphatic carbocycles. The summed E-state index contributed by atoms with van der Waals surface area (Å²) >= 11 is 3.17. The number of hydrogen-bond donors (Lipinski definition) is 0. The van der Waals surface area contributed by atoms with Gasteiger partial charge in [-0.3, -0.25) is 0 Å². The summed E-state index contributed by atoms with van der Waals surface area (Å²) in [7, 11) is -1.69. The number of hydrogen-bond acceptors (Lipinski definition) is 4. The third kappa shape index (κ3) is 3.95.